The van der Waals surface area contributed by atoms with Gasteiger partial charge in [-0.3, -0.25) is 9.69 Å². The molecule has 5 heteroatoms. The minimum Gasteiger partial charge on any atom is -0.296 e. The van der Waals surface area contributed by atoms with Gasteiger partial charge in [-0.2, -0.15) is 12.6 Å². The summed E-state index contributed by atoms with van der Waals surface area (Å²) in [7, 11) is 0. The fraction of sp³-hybridized carbons (Fsp3) is 0.308. The summed E-state index contributed by atoms with van der Waals surface area (Å²) in [4.78, 5) is 22.3. The molecule has 1 aliphatic heterocycles. The molecule has 1 atom stereocenters. The molecule has 0 spiro atoms. The van der Waals surface area contributed by atoms with Crippen molar-refractivity contribution in [3.05, 3.63) is 30.6 Å². The van der Waals surface area contributed by atoms with Crippen LogP contribution in [0.2, 0.25) is 0 Å². The second-order valence-electron chi connectivity index (χ2n) is 4.47. The summed E-state index contributed by atoms with van der Waals surface area (Å²) in [5.41, 5.74) is 0.865. The molecular formula is C13H13N3OS. The van der Waals surface area contributed by atoms with E-state index in [2.05, 4.69) is 22.6 Å². The van der Waals surface area contributed by atoms with E-state index in [9.17, 15) is 4.79 Å². The minimum absolute atomic E-state index is 0.123. The molecule has 92 valence electrons. The van der Waals surface area contributed by atoms with E-state index < -0.39 is 0 Å². The Bertz CT molecular complexity index is 596. The zero-order valence-electron chi connectivity index (χ0n) is 9.78. The summed E-state index contributed by atoms with van der Waals surface area (Å²) in [5.74, 6) is 1.88. The average Bonchev–Trinajstić information content (AvgIpc) is 2.79. The number of hydrogen-bond donors (Lipinski definition) is 1. The van der Waals surface area contributed by atoms with Crippen molar-refractivity contribution < 1.29 is 4.79 Å². The van der Waals surface area contributed by atoms with E-state index in [-0.39, 0.29) is 5.91 Å². The number of rotatable bonds is 2. The molecule has 0 saturated carbocycles. The highest BCUT2D eigenvalue weighted by molar-refractivity contribution is 7.80. The van der Waals surface area contributed by atoms with Gasteiger partial charge in [-0.25, -0.2) is 9.97 Å². The molecule has 18 heavy (non-hydrogen) atoms. The zero-order valence-corrected chi connectivity index (χ0v) is 10.7. The van der Waals surface area contributed by atoms with Crippen molar-refractivity contribution in [2.45, 2.75) is 6.42 Å². The maximum Gasteiger partial charge on any atom is 0.228 e. The fourth-order valence-electron chi connectivity index (χ4n) is 2.31. The Balaban J connectivity index is 2.07. The number of thiol groups is 1. The monoisotopic (exact) mass is 259 g/mol. The number of aromatic nitrogens is 2. The molecule has 1 fully saturated rings. The molecule has 2 aromatic rings. The van der Waals surface area contributed by atoms with Crippen LogP contribution in [0.5, 0.6) is 0 Å². The van der Waals surface area contributed by atoms with Crippen LogP contribution in [0.1, 0.15) is 6.42 Å². The molecule has 0 aliphatic carbocycles. The minimum atomic E-state index is 0.123. The summed E-state index contributed by atoms with van der Waals surface area (Å²) in [6.45, 7) is 0.698. The van der Waals surface area contributed by atoms with Gasteiger partial charge in [0.25, 0.3) is 0 Å². The number of hydrogen-bond acceptors (Lipinski definition) is 4. The highest BCUT2D eigenvalue weighted by Crippen LogP contribution is 2.28. The van der Waals surface area contributed by atoms with Crippen molar-refractivity contribution >= 4 is 35.3 Å². The summed E-state index contributed by atoms with van der Waals surface area (Å²) in [6, 6.07) is 7.75. The predicted octanol–water partition coefficient (Wildman–Crippen LogP) is 1.91. The average molecular weight is 259 g/mol. The Morgan fingerprint density at radius 2 is 2.17 bits per heavy atom. The largest absolute Gasteiger partial charge is 0.296 e. The topological polar surface area (TPSA) is 46.1 Å². The summed E-state index contributed by atoms with van der Waals surface area (Å²) >= 11 is 4.27. The number of para-hydroxylation sites is 1. The molecule has 1 unspecified atom stereocenters. The first-order valence-electron chi connectivity index (χ1n) is 5.90. The van der Waals surface area contributed by atoms with Gasteiger partial charge in [-0.05, 0) is 23.8 Å². The van der Waals surface area contributed by atoms with Gasteiger partial charge >= 0.3 is 0 Å². The van der Waals surface area contributed by atoms with Crippen LogP contribution >= 0.6 is 12.6 Å². The normalized spacial score (nSPS) is 19.7. The van der Waals surface area contributed by atoms with Crippen LogP contribution in [-0.2, 0) is 4.79 Å². The van der Waals surface area contributed by atoms with Crippen molar-refractivity contribution in [2.24, 2.45) is 5.92 Å². The smallest absolute Gasteiger partial charge is 0.228 e. The number of nitrogens with zero attached hydrogens (tertiary/aromatic N) is 3. The van der Waals surface area contributed by atoms with E-state index >= 15 is 0 Å². The maximum absolute atomic E-state index is 12.0. The molecule has 0 radical (unpaired) electrons. The Kier molecular flexibility index (Phi) is 2.91. The lowest BCUT2D eigenvalue weighted by molar-refractivity contribution is -0.117. The van der Waals surface area contributed by atoms with Crippen molar-refractivity contribution in [1.29, 1.82) is 0 Å². The fourth-order valence-corrected chi connectivity index (χ4v) is 2.56. The van der Waals surface area contributed by atoms with Crippen LogP contribution < -0.4 is 4.90 Å². The standard InChI is InChI=1S/C13H13N3OS/c17-12-5-9(7-18)6-16(12)13-10-3-1-2-4-11(10)14-8-15-13/h1-4,8-9,18H,5-7H2. The van der Waals surface area contributed by atoms with Crippen molar-refractivity contribution in [2.75, 3.05) is 17.2 Å². The first-order valence-corrected chi connectivity index (χ1v) is 6.54. The third-order valence-corrected chi connectivity index (χ3v) is 3.76. The highest BCUT2D eigenvalue weighted by Gasteiger charge is 2.31. The Labute approximate surface area is 110 Å². The number of carbonyl (C=O) groups excluding carboxylic acids is 1. The number of fused-ring (bicyclic) bond motifs is 1. The molecule has 0 N–H and O–H groups in total. The van der Waals surface area contributed by atoms with E-state index in [1.807, 2.05) is 24.3 Å². The SMILES string of the molecule is O=C1CC(CS)CN1c1ncnc2ccccc12. The second kappa shape index (κ2) is 4.57. The molecule has 0 bridgehead atoms. The van der Waals surface area contributed by atoms with E-state index in [0.717, 1.165) is 22.5 Å². The number of amides is 1. The lowest BCUT2D eigenvalue weighted by Gasteiger charge is -2.16. The first kappa shape index (κ1) is 11.5. The van der Waals surface area contributed by atoms with Gasteiger partial charge in [-0.1, -0.05) is 12.1 Å². The first-order chi connectivity index (χ1) is 8.79. The molecular weight excluding hydrogens is 246 g/mol. The molecule has 1 saturated heterocycles. The van der Waals surface area contributed by atoms with E-state index in [1.165, 1.54) is 6.33 Å². The zero-order chi connectivity index (χ0) is 12.5. The van der Waals surface area contributed by atoms with E-state index in [1.54, 1.807) is 4.90 Å². The van der Waals surface area contributed by atoms with Crippen LogP contribution in [0.25, 0.3) is 10.9 Å². The summed E-state index contributed by atoms with van der Waals surface area (Å²) in [6.07, 6.45) is 2.07. The third kappa shape index (κ3) is 1.84. The molecule has 2 heterocycles. The molecule has 1 amide bonds. The predicted molar refractivity (Wildman–Crippen MR) is 73.9 cm³/mol. The maximum atomic E-state index is 12.0. The lowest BCUT2D eigenvalue weighted by Crippen LogP contribution is -2.26. The van der Waals surface area contributed by atoms with Crippen LogP contribution in [0.3, 0.4) is 0 Å². The second-order valence-corrected chi connectivity index (χ2v) is 4.84. The summed E-state index contributed by atoms with van der Waals surface area (Å²) < 4.78 is 0. The van der Waals surface area contributed by atoms with Crippen molar-refractivity contribution in [3.8, 4) is 0 Å². The van der Waals surface area contributed by atoms with Crippen LogP contribution in [0.15, 0.2) is 30.6 Å². The Morgan fingerprint density at radius 1 is 1.33 bits per heavy atom. The molecule has 4 nitrogen and oxygen atoms in total. The van der Waals surface area contributed by atoms with Crippen LogP contribution in [0.4, 0.5) is 5.82 Å². The van der Waals surface area contributed by atoms with Crippen LogP contribution in [-0.4, -0.2) is 28.2 Å². The van der Waals surface area contributed by atoms with Gasteiger partial charge in [-0.15, -0.1) is 0 Å². The molecule has 1 aromatic heterocycles. The number of anilines is 1. The third-order valence-electron chi connectivity index (χ3n) is 3.24. The Morgan fingerprint density at radius 3 is 2.94 bits per heavy atom. The molecule has 1 aromatic carbocycles. The molecule has 3 rings (SSSR count). The van der Waals surface area contributed by atoms with Crippen LogP contribution in [0, 0.1) is 5.92 Å². The van der Waals surface area contributed by atoms with Gasteiger partial charge in [0.2, 0.25) is 5.91 Å². The van der Waals surface area contributed by atoms with Crippen molar-refractivity contribution in [3.63, 3.8) is 0 Å². The quantitative estimate of drug-likeness (QED) is 0.838. The summed E-state index contributed by atoms with van der Waals surface area (Å²) in [5, 5.41) is 0.924. The molecule has 1 aliphatic rings. The van der Waals surface area contributed by atoms with E-state index in [0.29, 0.717) is 18.9 Å². The van der Waals surface area contributed by atoms with Gasteiger partial charge in [0.1, 0.15) is 12.1 Å². The van der Waals surface area contributed by atoms with Gasteiger partial charge in [0, 0.05) is 18.4 Å². The highest BCUT2D eigenvalue weighted by atomic mass is 32.1. The Hall–Kier alpha value is -1.62. The lowest BCUT2D eigenvalue weighted by atomic mass is 10.1. The van der Waals surface area contributed by atoms with Crippen molar-refractivity contribution in [1.82, 2.24) is 9.97 Å². The van der Waals surface area contributed by atoms with Gasteiger partial charge in [0.15, 0.2) is 0 Å². The van der Waals surface area contributed by atoms with Gasteiger partial charge < -0.3 is 0 Å². The number of carbonyl (C=O) groups is 1. The number of benzene rings is 1. The van der Waals surface area contributed by atoms with E-state index in [4.69, 9.17) is 0 Å². The van der Waals surface area contributed by atoms with Gasteiger partial charge in [0.05, 0.1) is 5.52 Å².